The average Bonchev–Trinajstić information content (AvgIpc) is 2.33. The Morgan fingerprint density at radius 2 is 1.95 bits per heavy atom. The van der Waals surface area contributed by atoms with Gasteiger partial charge in [0.05, 0.1) is 6.04 Å². The molecule has 2 aromatic rings. The van der Waals surface area contributed by atoms with Crippen LogP contribution in [0, 0.1) is 12.7 Å². The lowest BCUT2D eigenvalue weighted by molar-refractivity contribution is 0.626. The number of halogens is 3. The highest BCUT2D eigenvalue weighted by atomic mass is 79.9. The quantitative estimate of drug-likeness (QED) is 0.752. The summed E-state index contributed by atoms with van der Waals surface area (Å²) in [5, 5.41) is 3.81. The summed E-state index contributed by atoms with van der Waals surface area (Å²) >= 11 is 9.58. The van der Waals surface area contributed by atoms with E-state index in [-0.39, 0.29) is 11.9 Å². The standard InChI is InChI=1S/C15H14BrClFN/c1-9-3-6-13(16)15(7-9)19-10(2)12-5-4-11(18)8-14(12)17/h3-8,10,19H,1-2H3. The molecule has 0 aliphatic heterocycles. The number of anilines is 1. The number of hydrogen-bond donors (Lipinski definition) is 1. The van der Waals surface area contributed by atoms with Crippen LogP contribution in [0.3, 0.4) is 0 Å². The Kier molecular flexibility index (Phi) is 4.48. The van der Waals surface area contributed by atoms with E-state index in [0.717, 1.165) is 15.7 Å². The van der Waals surface area contributed by atoms with Crippen molar-refractivity contribution in [2.75, 3.05) is 5.32 Å². The molecule has 0 heterocycles. The van der Waals surface area contributed by atoms with Crippen molar-refractivity contribution < 1.29 is 4.39 Å². The molecular formula is C15H14BrClFN. The van der Waals surface area contributed by atoms with Crippen LogP contribution in [0.4, 0.5) is 10.1 Å². The Morgan fingerprint density at radius 3 is 2.63 bits per heavy atom. The van der Waals surface area contributed by atoms with Crippen LogP contribution in [-0.2, 0) is 0 Å². The highest BCUT2D eigenvalue weighted by Crippen LogP contribution is 2.30. The molecule has 1 nitrogen and oxygen atoms in total. The van der Waals surface area contributed by atoms with E-state index >= 15 is 0 Å². The van der Waals surface area contributed by atoms with Crippen molar-refractivity contribution >= 4 is 33.2 Å². The second-order valence-corrected chi connectivity index (χ2v) is 5.78. The fraction of sp³-hybridized carbons (Fsp3) is 0.200. The van der Waals surface area contributed by atoms with E-state index in [1.54, 1.807) is 6.07 Å². The zero-order chi connectivity index (χ0) is 14.0. The molecule has 1 N–H and O–H groups in total. The van der Waals surface area contributed by atoms with Crippen LogP contribution < -0.4 is 5.32 Å². The van der Waals surface area contributed by atoms with Gasteiger partial charge in [0.25, 0.3) is 0 Å². The maximum absolute atomic E-state index is 13.0. The molecule has 19 heavy (non-hydrogen) atoms. The Balaban J connectivity index is 2.25. The second kappa shape index (κ2) is 5.93. The van der Waals surface area contributed by atoms with Gasteiger partial charge in [-0.1, -0.05) is 23.7 Å². The Morgan fingerprint density at radius 1 is 1.21 bits per heavy atom. The number of nitrogens with one attached hydrogen (secondary N) is 1. The van der Waals surface area contributed by atoms with Gasteiger partial charge in [0.2, 0.25) is 0 Å². The number of hydrogen-bond acceptors (Lipinski definition) is 1. The van der Waals surface area contributed by atoms with E-state index in [1.807, 2.05) is 26.0 Å². The van der Waals surface area contributed by atoms with Crippen LogP contribution in [0.15, 0.2) is 40.9 Å². The highest BCUT2D eigenvalue weighted by molar-refractivity contribution is 9.10. The zero-order valence-electron chi connectivity index (χ0n) is 10.7. The first-order chi connectivity index (χ1) is 8.97. The van der Waals surface area contributed by atoms with Gasteiger partial charge < -0.3 is 5.32 Å². The smallest absolute Gasteiger partial charge is 0.124 e. The van der Waals surface area contributed by atoms with Crippen molar-refractivity contribution in [2.45, 2.75) is 19.9 Å². The lowest BCUT2D eigenvalue weighted by Gasteiger charge is -2.18. The topological polar surface area (TPSA) is 12.0 Å². The molecule has 0 amide bonds. The molecule has 0 radical (unpaired) electrons. The molecule has 0 aromatic heterocycles. The third kappa shape index (κ3) is 3.48. The first-order valence-corrected chi connectivity index (χ1v) is 7.12. The van der Waals surface area contributed by atoms with Crippen molar-refractivity contribution in [1.82, 2.24) is 0 Å². The van der Waals surface area contributed by atoms with Gasteiger partial charge in [-0.25, -0.2) is 4.39 Å². The van der Waals surface area contributed by atoms with Crippen LogP contribution in [0.1, 0.15) is 24.1 Å². The van der Waals surface area contributed by atoms with Gasteiger partial charge in [-0.05, 0) is 65.2 Å². The molecule has 0 aliphatic rings. The third-order valence-electron chi connectivity index (χ3n) is 2.92. The summed E-state index contributed by atoms with van der Waals surface area (Å²) in [7, 11) is 0. The third-order valence-corrected chi connectivity index (χ3v) is 3.94. The van der Waals surface area contributed by atoms with Gasteiger partial charge in [-0.2, -0.15) is 0 Å². The number of aryl methyl sites for hydroxylation is 1. The minimum Gasteiger partial charge on any atom is -0.378 e. The van der Waals surface area contributed by atoms with E-state index in [0.29, 0.717) is 5.02 Å². The molecule has 2 rings (SSSR count). The number of rotatable bonds is 3. The minimum absolute atomic E-state index is 0.00815. The maximum Gasteiger partial charge on any atom is 0.124 e. The van der Waals surface area contributed by atoms with E-state index in [2.05, 4.69) is 27.3 Å². The molecule has 0 saturated carbocycles. The summed E-state index contributed by atoms with van der Waals surface area (Å²) in [5.41, 5.74) is 3.03. The van der Waals surface area contributed by atoms with Crippen LogP contribution in [-0.4, -0.2) is 0 Å². The predicted molar refractivity (Wildman–Crippen MR) is 82.3 cm³/mol. The summed E-state index contributed by atoms with van der Waals surface area (Å²) in [6.45, 7) is 4.03. The first-order valence-electron chi connectivity index (χ1n) is 5.95. The molecule has 100 valence electrons. The second-order valence-electron chi connectivity index (χ2n) is 4.52. The monoisotopic (exact) mass is 341 g/mol. The normalized spacial score (nSPS) is 12.3. The van der Waals surface area contributed by atoms with Crippen molar-refractivity contribution in [3.8, 4) is 0 Å². The fourth-order valence-electron chi connectivity index (χ4n) is 1.91. The van der Waals surface area contributed by atoms with E-state index in [4.69, 9.17) is 11.6 Å². The van der Waals surface area contributed by atoms with Crippen LogP contribution >= 0.6 is 27.5 Å². The van der Waals surface area contributed by atoms with Gasteiger partial charge in [0, 0.05) is 15.2 Å². The van der Waals surface area contributed by atoms with Crippen molar-refractivity contribution in [3.05, 3.63) is 62.8 Å². The molecular weight excluding hydrogens is 329 g/mol. The Bertz CT molecular complexity index is 601. The molecule has 1 atom stereocenters. The summed E-state index contributed by atoms with van der Waals surface area (Å²) in [4.78, 5) is 0. The fourth-order valence-corrected chi connectivity index (χ4v) is 2.61. The largest absolute Gasteiger partial charge is 0.378 e. The van der Waals surface area contributed by atoms with Crippen molar-refractivity contribution in [3.63, 3.8) is 0 Å². The summed E-state index contributed by atoms with van der Waals surface area (Å²) < 4.78 is 14.0. The van der Waals surface area contributed by atoms with Gasteiger partial charge >= 0.3 is 0 Å². The summed E-state index contributed by atoms with van der Waals surface area (Å²) in [6.07, 6.45) is 0. The van der Waals surface area contributed by atoms with Gasteiger partial charge in [-0.15, -0.1) is 0 Å². The van der Waals surface area contributed by atoms with Crippen molar-refractivity contribution in [2.24, 2.45) is 0 Å². The maximum atomic E-state index is 13.0. The first kappa shape index (κ1) is 14.4. The molecule has 0 bridgehead atoms. The van der Waals surface area contributed by atoms with E-state index in [9.17, 15) is 4.39 Å². The Hall–Kier alpha value is -1.06. The van der Waals surface area contributed by atoms with Gasteiger partial charge in [0.1, 0.15) is 5.82 Å². The van der Waals surface area contributed by atoms with E-state index < -0.39 is 0 Å². The molecule has 1 unspecified atom stereocenters. The summed E-state index contributed by atoms with van der Waals surface area (Å²) in [5.74, 6) is -0.322. The summed E-state index contributed by atoms with van der Waals surface area (Å²) in [6, 6.07) is 10.5. The SMILES string of the molecule is Cc1ccc(Br)c(NC(C)c2ccc(F)cc2Cl)c1. The van der Waals surface area contributed by atoms with Crippen molar-refractivity contribution in [1.29, 1.82) is 0 Å². The Labute approximate surface area is 125 Å². The van der Waals surface area contributed by atoms with Crippen LogP contribution in [0.25, 0.3) is 0 Å². The van der Waals surface area contributed by atoms with Gasteiger partial charge in [0.15, 0.2) is 0 Å². The number of benzene rings is 2. The van der Waals surface area contributed by atoms with Crippen LogP contribution in [0.5, 0.6) is 0 Å². The lowest BCUT2D eigenvalue weighted by Crippen LogP contribution is -2.08. The highest BCUT2D eigenvalue weighted by Gasteiger charge is 2.11. The molecule has 0 aliphatic carbocycles. The molecule has 0 spiro atoms. The minimum atomic E-state index is -0.322. The average molecular weight is 343 g/mol. The van der Waals surface area contributed by atoms with Gasteiger partial charge in [-0.3, -0.25) is 0 Å². The molecule has 0 saturated heterocycles. The molecule has 4 heteroatoms. The zero-order valence-corrected chi connectivity index (χ0v) is 13.0. The molecule has 0 fully saturated rings. The van der Waals surface area contributed by atoms with Crippen LogP contribution in [0.2, 0.25) is 5.02 Å². The predicted octanol–water partition coefficient (Wildman–Crippen LogP) is 5.72. The lowest BCUT2D eigenvalue weighted by atomic mass is 10.1. The van der Waals surface area contributed by atoms with E-state index in [1.165, 1.54) is 17.7 Å². The molecule has 2 aromatic carbocycles.